The number of rotatable bonds is 1. The molecule has 0 N–H and O–H groups in total. The molecule has 0 atom stereocenters. The second kappa shape index (κ2) is 4.18. The van der Waals surface area contributed by atoms with Crippen LogP contribution in [0.4, 0.5) is 0 Å². The fourth-order valence-electron chi connectivity index (χ4n) is 2.68. The summed E-state index contributed by atoms with van der Waals surface area (Å²) in [6, 6.07) is 1.90. The lowest BCUT2D eigenvalue weighted by Gasteiger charge is -2.10. The summed E-state index contributed by atoms with van der Waals surface area (Å²) in [6.45, 7) is 3.76. The Bertz CT molecular complexity index is 985. The minimum Gasteiger partial charge on any atom is -0.297 e. The molecule has 0 fully saturated rings. The summed E-state index contributed by atoms with van der Waals surface area (Å²) in [4.78, 5) is 28.4. The highest BCUT2D eigenvalue weighted by Gasteiger charge is 2.19. The van der Waals surface area contributed by atoms with E-state index in [-0.39, 0.29) is 11.2 Å². The molecule has 0 bridgehead atoms. The van der Waals surface area contributed by atoms with Crippen molar-refractivity contribution in [2.24, 2.45) is 21.1 Å². The number of fused-ring (bicyclic) bond motifs is 1. The van der Waals surface area contributed by atoms with E-state index in [1.165, 1.54) is 9.13 Å². The van der Waals surface area contributed by atoms with Crippen LogP contribution in [0.15, 0.2) is 15.7 Å². The molecule has 21 heavy (non-hydrogen) atoms. The highest BCUT2D eigenvalue weighted by Crippen LogP contribution is 2.13. The Morgan fingerprint density at radius 3 is 2.24 bits per heavy atom. The third kappa shape index (κ3) is 1.68. The van der Waals surface area contributed by atoms with E-state index in [9.17, 15) is 9.59 Å². The number of hydrogen-bond donors (Lipinski definition) is 0. The lowest BCUT2D eigenvalue weighted by molar-refractivity contribution is 0.700. The molecule has 0 amide bonds. The summed E-state index contributed by atoms with van der Waals surface area (Å²) >= 11 is 0. The van der Waals surface area contributed by atoms with Gasteiger partial charge < -0.3 is 0 Å². The summed E-state index contributed by atoms with van der Waals surface area (Å²) in [5.74, 6) is 0.388. The van der Waals surface area contributed by atoms with Gasteiger partial charge in [0.15, 0.2) is 5.52 Å². The van der Waals surface area contributed by atoms with Crippen LogP contribution in [0.3, 0.4) is 0 Å². The van der Waals surface area contributed by atoms with Gasteiger partial charge in [-0.05, 0) is 19.9 Å². The van der Waals surface area contributed by atoms with E-state index < -0.39 is 5.56 Å². The van der Waals surface area contributed by atoms with Gasteiger partial charge in [-0.2, -0.15) is 10.1 Å². The van der Waals surface area contributed by atoms with Crippen LogP contribution in [0.1, 0.15) is 11.4 Å². The highest BCUT2D eigenvalue weighted by atomic mass is 16.2. The molecule has 0 spiro atoms. The normalized spacial score (nSPS) is 11.5. The molecule has 3 aromatic heterocycles. The zero-order valence-corrected chi connectivity index (χ0v) is 12.6. The zero-order valence-electron chi connectivity index (χ0n) is 12.6. The molecule has 0 saturated carbocycles. The number of aryl methyl sites for hydroxylation is 5. The van der Waals surface area contributed by atoms with Gasteiger partial charge in [-0.25, -0.2) is 9.48 Å². The first-order chi connectivity index (χ1) is 9.82. The van der Waals surface area contributed by atoms with Crippen molar-refractivity contribution in [3.8, 4) is 5.95 Å². The Balaban J connectivity index is 2.51. The quantitative estimate of drug-likeness (QED) is 0.620. The average Bonchev–Trinajstić information content (AvgIpc) is 2.86. The van der Waals surface area contributed by atoms with Crippen LogP contribution in [0, 0.1) is 13.8 Å². The maximum Gasteiger partial charge on any atom is 0.329 e. The fraction of sp³-hybridized carbons (Fsp3) is 0.385. The second-order valence-corrected chi connectivity index (χ2v) is 5.19. The highest BCUT2D eigenvalue weighted by molar-refractivity contribution is 5.71. The van der Waals surface area contributed by atoms with Crippen molar-refractivity contribution in [1.82, 2.24) is 28.5 Å². The van der Waals surface area contributed by atoms with Gasteiger partial charge in [-0.15, -0.1) is 0 Å². The molecule has 0 aliphatic heterocycles. The molecule has 0 radical (unpaired) electrons. The van der Waals surface area contributed by atoms with E-state index in [4.69, 9.17) is 0 Å². The van der Waals surface area contributed by atoms with Gasteiger partial charge >= 0.3 is 11.2 Å². The van der Waals surface area contributed by atoms with Crippen LogP contribution in [0.5, 0.6) is 0 Å². The van der Waals surface area contributed by atoms with Crippen molar-refractivity contribution in [3.63, 3.8) is 0 Å². The van der Waals surface area contributed by atoms with Gasteiger partial charge in [-0.3, -0.25) is 18.5 Å². The molecule has 0 aliphatic carbocycles. The van der Waals surface area contributed by atoms with E-state index in [0.717, 1.165) is 11.4 Å². The van der Waals surface area contributed by atoms with Crippen molar-refractivity contribution < 1.29 is 0 Å². The van der Waals surface area contributed by atoms with Crippen LogP contribution in [-0.4, -0.2) is 28.5 Å². The average molecular weight is 288 g/mol. The molecule has 0 aromatic carbocycles. The van der Waals surface area contributed by atoms with Gasteiger partial charge in [0.05, 0.1) is 5.69 Å². The van der Waals surface area contributed by atoms with E-state index >= 15 is 0 Å². The lowest BCUT2D eigenvalue weighted by Crippen LogP contribution is -2.21. The largest absolute Gasteiger partial charge is 0.329 e. The number of imidazole rings is 1. The van der Waals surface area contributed by atoms with E-state index in [0.29, 0.717) is 11.6 Å². The predicted molar refractivity (Wildman–Crippen MR) is 77.8 cm³/mol. The first kappa shape index (κ1) is 13.3. The molecule has 0 unspecified atom stereocenters. The third-order valence-corrected chi connectivity index (χ3v) is 3.66. The lowest BCUT2D eigenvalue weighted by atomic mass is 10.4. The molecule has 0 saturated heterocycles. The second-order valence-electron chi connectivity index (χ2n) is 5.19. The topological polar surface area (TPSA) is 79.6 Å². The van der Waals surface area contributed by atoms with Crippen molar-refractivity contribution in [2.45, 2.75) is 13.8 Å². The fourth-order valence-corrected chi connectivity index (χ4v) is 2.68. The third-order valence-electron chi connectivity index (χ3n) is 3.66. The number of nitrogens with zero attached hydrogens (tertiary/aromatic N) is 6. The molecule has 3 heterocycles. The summed E-state index contributed by atoms with van der Waals surface area (Å²) in [6.07, 6.45) is 0. The molecule has 3 aromatic rings. The Labute approximate surface area is 119 Å². The maximum absolute atomic E-state index is 12.3. The van der Waals surface area contributed by atoms with Gasteiger partial charge in [-0.1, -0.05) is 0 Å². The predicted octanol–water partition coefficient (Wildman–Crippen LogP) is -0.227. The zero-order chi connectivity index (χ0) is 15.5. The Morgan fingerprint density at radius 2 is 1.67 bits per heavy atom. The first-order valence-corrected chi connectivity index (χ1v) is 6.49. The van der Waals surface area contributed by atoms with Gasteiger partial charge in [0.1, 0.15) is 5.65 Å². The van der Waals surface area contributed by atoms with Crippen molar-refractivity contribution >= 4 is 11.2 Å². The molecule has 110 valence electrons. The van der Waals surface area contributed by atoms with Crippen molar-refractivity contribution in [3.05, 3.63) is 38.3 Å². The van der Waals surface area contributed by atoms with E-state index in [1.54, 1.807) is 30.4 Å². The molecule has 3 rings (SSSR count). The monoisotopic (exact) mass is 288 g/mol. The molecular formula is C13H16N6O2. The standard InChI is InChI=1S/C13H16N6O2/c1-7-6-8(2)19(15-7)12-14-10(20)9-11(17(12)4)18(5)13(21)16(9)3/h6H,1-5H3. The maximum atomic E-state index is 12.3. The van der Waals surface area contributed by atoms with Crippen LogP contribution in [0.2, 0.25) is 0 Å². The van der Waals surface area contributed by atoms with Crippen molar-refractivity contribution in [2.75, 3.05) is 0 Å². The Kier molecular flexibility index (Phi) is 2.65. The minimum absolute atomic E-state index is 0.259. The molecule has 0 aliphatic rings. The Morgan fingerprint density at radius 1 is 1.00 bits per heavy atom. The molecule has 8 nitrogen and oxygen atoms in total. The van der Waals surface area contributed by atoms with E-state index in [2.05, 4.69) is 10.1 Å². The van der Waals surface area contributed by atoms with Gasteiger partial charge in [0.25, 0.3) is 0 Å². The summed E-state index contributed by atoms with van der Waals surface area (Å²) < 4.78 is 6.06. The van der Waals surface area contributed by atoms with Crippen LogP contribution in [-0.2, 0) is 21.1 Å². The van der Waals surface area contributed by atoms with Crippen LogP contribution >= 0.6 is 0 Å². The van der Waals surface area contributed by atoms with Crippen LogP contribution in [0.25, 0.3) is 17.1 Å². The van der Waals surface area contributed by atoms with Gasteiger partial charge in [0, 0.05) is 26.8 Å². The summed E-state index contributed by atoms with van der Waals surface area (Å²) in [5, 5.41) is 4.35. The smallest absolute Gasteiger partial charge is 0.297 e. The minimum atomic E-state index is -0.439. The van der Waals surface area contributed by atoms with E-state index in [1.807, 2.05) is 19.9 Å². The summed E-state index contributed by atoms with van der Waals surface area (Å²) in [5.41, 5.74) is 1.82. The van der Waals surface area contributed by atoms with Gasteiger partial charge in [0.2, 0.25) is 5.95 Å². The number of aromatic nitrogens is 6. The SMILES string of the molecule is Cc1cc(C)n(-c2nc(=O)c3c(n2C)n(C)c(=O)n3C)n1. The van der Waals surface area contributed by atoms with Crippen LogP contribution < -0.4 is 11.2 Å². The first-order valence-electron chi connectivity index (χ1n) is 6.49. The molecular weight excluding hydrogens is 272 g/mol. The van der Waals surface area contributed by atoms with Crippen molar-refractivity contribution in [1.29, 1.82) is 0 Å². The molecule has 8 heteroatoms. The Hall–Kier alpha value is -2.64. The summed E-state index contributed by atoms with van der Waals surface area (Å²) in [7, 11) is 4.96. The number of hydrogen-bond acceptors (Lipinski definition) is 4.